The number of rotatable bonds is 2. The van der Waals surface area contributed by atoms with E-state index in [9.17, 15) is 4.79 Å². The van der Waals surface area contributed by atoms with Gasteiger partial charge in [-0.3, -0.25) is 4.90 Å². The van der Waals surface area contributed by atoms with Crippen LogP contribution in [0.15, 0.2) is 12.4 Å². The number of urea groups is 1. The molecule has 0 aromatic carbocycles. The molecule has 1 aromatic rings. The molecule has 3 rings (SSSR count). The summed E-state index contributed by atoms with van der Waals surface area (Å²) in [6.07, 6.45) is 4.88. The van der Waals surface area contributed by atoms with Crippen LogP contribution in [-0.2, 0) is 18.3 Å². The van der Waals surface area contributed by atoms with E-state index < -0.39 is 0 Å². The Hall–Kier alpha value is -1.60. The Kier molecular flexibility index (Phi) is 4.59. The predicted molar refractivity (Wildman–Crippen MR) is 87.0 cm³/mol. The summed E-state index contributed by atoms with van der Waals surface area (Å²) in [5, 5.41) is 0. The summed E-state index contributed by atoms with van der Waals surface area (Å²) in [4.78, 5) is 22.8. The maximum Gasteiger partial charge on any atom is 0.319 e. The Morgan fingerprint density at radius 2 is 2.22 bits per heavy atom. The van der Waals surface area contributed by atoms with Gasteiger partial charge < -0.3 is 19.1 Å². The molecule has 1 atom stereocenters. The molecule has 0 saturated carbocycles. The summed E-state index contributed by atoms with van der Waals surface area (Å²) < 4.78 is 7.91. The van der Waals surface area contributed by atoms with E-state index in [2.05, 4.69) is 14.5 Å². The highest BCUT2D eigenvalue weighted by molar-refractivity contribution is 5.73. The lowest BCUT2D eigenvalue weighted by Gasteiger charge is -2.33. The van der Waals surface area contributed by atoms with Crippen molar-refractivity contribution >= 4 is 6.03 Å². The second kappa shape index (κ2) is 6.49. The highest BCUT2D eigenvalue weighted by Gasteiger charge is 2.42. The second-order valence-electron chi connectivity index (χ2n) is 7.07. The second-order valence-corrected chi connectivity index (χ2v) is 7.07. The van der Waals surface area contributed by atoms with Crippen molar-refractivity contribution in [2.45, 2.75) is 13.0 Å². The van der Waals surface area contributed by atoms with E-state index in [0.29, 0.717) is 13.2 Å². The molecule has 1 aromatic heterocycles. The van der Waals surface area contributed by atoms with Crippen molar-refractivity contribution in [1.29, 1.82) is 0 Å². The molecule has 7 nitrogen and oxygen atoms in total. The average molecular weight is 321 g/mol. The number of carbonyl (C=O) groups is 1. The molecule has 2 saturated heterocycles. The fraction of sp³-hybridized carbons (Fsp3) is 0.750. The third kappa shape index (κ3) is 3.50. The summed E-state index contributed by atoms with van der Waals surface area (Å²) >= 11 is 0. The maximum absolute atomic E-state index is 12.3. The first kappa shape index (κ1) is 16.3. The van der Waals surface area contributed by atoms with Crippen molar-refractivity contribution in [3.8, 4) is 0 Å². The van der Waals surface area contributed by atoms with Gasteiger partial charge in [-0.05, 0) is 13.0 Å². The number of imidazole rings is 1. The third-order valence-corrected chi connectivity index (χ3v) is 4.90. The van der Waals surface area contributed by atoms with Crippen molar-refractivity contribution < 1.29 is 9.53 Å². The van der Waals surface area contributed by atoms with Crippen molar-refractivity contribution in [3.05, 3.63) is 18.2 Å². The number of hydrogen-bond acceptors (Lipinski definition) is 4. The summed E-state index contributed by atoms with van der Waals surface area (Å²) in [6.45, 7) is 5.66. The van der Waals surface area contributed by atoms with Gasteiger partial charge in [0.1, 0.15) is 5.82 Å². The smallest absolute Gasteiger partial charge is 0.319 e. The summed E-state index contributed by atoms with van der Waals surface area (Å²) in [5.74, 6) is 1.08. The van der Waals surface area contributed by atoms with Crippen molar-refractivity contribution in [2.24, 2.45) is 12.5 Å². The lowest BCUT2D eigenvalue weighted by molar-refractivity contribution is 0.0709. The van der Waals surface area contributed by atoms with Gasteiger partial charge in [0.05, 0.1) is 19.8 Å². The third-order valence-electron chi connectivity index (χ3n) is 4.90. The van der Waals surface area contributed by atoms with E-state index in [1.54, 1.807) is 4.90 Å². The number of amides is 2. The minimum atomic E-state index is 0.0489. The van der Waals surface area contributed by atoms with Crippen LogP contribution in [0.3, 0.4) is 0 Å². The number of carbonyl (C=O) groups excluding carboxylic acids is 1. The largest absolute Gasteiger partial charge is 0.379 e. The molecule has 0 N–H and O–H groups in total. The molecule has 1 spiro atoms. The molecule has 3 heterocycles. The van der Waals surface area contributed by atoms with Gasteiger partial charge in [-0.1, -0.05) is 0 Å². The molecule has 2 amide bonds. The van der Waals surface area contributed by atoms with E-state index in [-0.39, 0.29) is 11.4 Å². The van der Waals surface area contributed by atoms with Crippen LogP contribution in [0.4, 0.5) is 4.79 Å². The molecule has 0 aliphatic carbocycles. The molecule has 128 valence electrons. The van der Waals surface area contributed by atoms with Crippen molar-refractivity contribution in [1.82, 2.24) is 24.3 Å². The number of nitrogens with zero attached hydrogens (tertiary/aromatic N) is 5. The van der Waals surface area contributed by atoms with E-state index >= 15 is 0 Å². The summed E-state index contributed by atoms with van der Waals surface area (Å²) in [5.41, 5.74) is 0.0489. The molecule has 23 heavy (non-hydrogen) atoms. The Morgan fingerprint density at radius 1 is 1.39 bits per heavy atom. The number of aromatic nitrogens is 2. The number of ether oxygens (including phenoxy) is 1. The highest BCUT2D eigenvalue weighted by Crippen LogP contribution is 2.34. The maximum atomic E-state index is 12.3. The van der Waals surface area contributed by atoms with Gasteiger partial charge in [0.2, 0.25) is 0 Å². The molecular formula is C16H27N5O2. The Balaban J connectivity index is 1.66. The van der Waals surface area contributed by atoms with Gasteiger partial charge in [-0.25, -0.2) is 9.78 Å². The van der Waals surface area contributed by atoms with Gasteiger partial charge in [-0.15, -0.1) is 0 Å². The molecule has 2 aliphatic heterocycles. The summed E-state index contributed by atoms with van der Waals surface area (Å²) in [7, 11) is 5.64. The summed E-state index contributed by atoms with van der Waals surface area (Å²) in [6, 6.07) is 0.0810. The fourth-order valence-corrected chi connectivity index (χ4v) is 3.60. The van der Waals surface area contributed by atoms with Gasteiger partial charge >= 0.3 is 6.03 Å². The predicted octanol–water partition coefficient (Wildman–Crippen LogP) is 0.626. The monoisotopic (exact) mass is 321 g/mol. The topological polar surface area (TPSA) is 53.8 Å². The average Bonchev–Trinajstić information content (AvgIpc) is 3.02. The number of hydrogen-bond donors (Lipinski definition) is 0. The standard InChI is InChI=1S/C16H27N5O2/c1-18(2)15(22)21-8-9-23-13-16(12-21)4-6-20(11-16)10-14-17-5-7-19(14)3/h5,7H,4,6,8-13H2,1-3H3/t16-/m0/s1. The fourth-order valence-electron chi connectivity index (χ4n) is 3.60. The quantitative estimate of drug-likeness (QED) is 0.802. The molecule has 0 unspecified atom stereocenters. The lowest BCUT2D eigenvalue weighted by atomic mass is 9.87. The molecular weight excluding hydrogens is 294 g/mol. The van der Waals surface area contributed by atoms with Crippen LogP contribution in [-0.4, -0.2) is 83.8 Å². The normalized spacial score (nSPS) is 25.8. The first-order valence-corrected chi connectivity index (χ1v) is 8.22. The van der Waals surface area contributed by atoms with Crippen LogP contribution in [0, 0.1) is 5.41 Å². The molecule has 0 radical (unpaired) electrons. The number of likely N-dealkylation sites (tertiary alicyclic amines) is 1. The van der Waals surface area contributed by atoms with Crippen LogP contribution in [0.25, 0.3) is 0 Å². The SMILES string of the molecule is CN(C)C(=O)N1CCOC[C@]2(CCN(Cc3nccn3C)C2)C1. The van der Waals surface area contributed by atoms with Crippen LogP contribution in [0.2, 0.25) is 0 Å². The van der Waals surface area contributed by atoms with E-state index in [1.165, 1.54) is 0 Å². The van der Waals surface area contributed by atoms with Gasteiger partial charge in [0.15, 0.2) is 0 Å². The molecule has 2 aliphatic rings. The van der Waals surface area contributed by atoms with Crippen LogP contribution >= 0.6 is 0 Å². The van der Waals surface area contributed by atoms with Crippen LogP contribution in [0.1, 0.15) is 12.2 Å². The van der Waals surface area contributed by atoms with E-state index in [1.807, 2.05) is 38.4 Å². The van der Waals surface area contributed by atoms with E-state index in [4.69, 9.17) is 4.74 Å². The lowest BCUT2D eigenvalue weighted by Crippen LogP contribution is -2.46. The molecule has 7 heteroatoms. The first-order valence-electron chi connectivity index (χ1n) is 8.22. The zero-order chi connectivity index (χ0) is 16.4. The zero-order valence-electron chi connectivity index (χ0n) is 14.4. The molecule has 0 bridgehead atoms. The van der Waals surface area contributed by atoms with Crippen molar-refractivity contribution in [3.63, 3.8) is 0 Å². The zero-order valence-corrected chi connectivity index (χ0v) is 14.4. The number of aryl methyl sites for hydroxylation is 1. The minimum Gasteiger partial charge on any atom is -0.379 e. The van der Waals surface area contributed by atoms with Gasteiger partial charge in [-0.2, -0.15) is 0 Å². The van der Waals surface area contributed by atoms with Crippen LogP contribution in [0.5, 0.6) is 0 Å². The van der Waals surface area contributed by atoms with Gasteiger partial charge in [0, 0.05) is 58.6 Å². The highest BCUT2D eigenvalue weighted by atomic mass is 16.5. The Bertz CT molecular complexity index is 558. The molecule has 2 fully saturated rings. The van der Waals surface area contributed by atoms with Crippen molar-refractivity contribution in [2.75, 3.05) is 53.5 Å². The first-order chi connectivity index (χ1) is 11.0. The Morgan fingerprint density at radius 3 is 2.91 bits per heavy atom. The van der Waals surface area contributed by atoms with Gasteiger partial charge in [0.25, 0.3) is 0 Å². The Labute approximate surface area is 137 Å². The van der Waals surface area contributed by atoms with E-state index in [0.717, 1.165) is 45.0 Å². The van der Waals surface area contributed by atoms with Crippen LogP contribution < -0.4 is 0 Å². The minimum absolute atomic E-state index is 0.0489.